The fourth-order valence-electron chi connectivity index (χ4n) is 6.82. The van der Waals surface area contributed by atoms with Gasteiger partial charge in [-0.1, -0.05) is 42.5 Å². The number of hydrogen-bond donors (Lipinski definition) is 1. The molecule has 1 aromatic heterocycles. The number of alkyl halides is 6. The van der Waals surface area contributed by atoms with E-state index in [4.69, 9.17) is 4.74 Å². The van der Waals surface area contributed by atoms with E-state index < -0.39 is 39.7 Å². The van der Waals surface area contributed by atoms with Crippen molar-refractivity contribution < 1.29 is 44.3 Å². The second-order valence-electron chi connectivity index (χ2n) is 12.9. The number of likely N-dealkylation sites (tertiary alicyclic amines) is 1. The van der Waals surface area contributed by atoms with Gasteiger partial charge in [-0.2, -0.15) is 26.3 Å². The molecule has 8 nitrogen and oxygen atoms in total. The summed E-state index contributed by atoms with van der Waals surface area (Å²) in [5.41, 5.74) is -1.41. The van der Waals surface area contributed by atoms with Crippen molar-refractivity contribution in [3.63, 3.8) is 0 Å². The van der Waals surface area contributed by atoms with Crippen LogP contribution < -0.4 is 5.32 Å². The molecule has 1 unspecified atom stereocenters. The maximum absolute atomic E-state index is 14.5. The highest BCUT2D eigenvalue weighted by Crippen LogP contribution is 2.38. The molecule has 1 atom stereocenters. The summed E-state index contributed by atoms with van der Waals surface area (Å²) in [7, 11) is -3.86. The summed E-state index contributed by atoms with van der Waals surface area (Å²) in [6.07, 6.45) is -7.21. The van der Waals surface area contributed by atoms with Gasteiger partial charge >= 0.3 is 12.4 Å². The number of carbonyl (C=O) groups is 1. The van der Waals surface area contributed by atoms with Crippen LogP contribution in [0.5, 0.6) is 0 Å². The SMILES string of the molecule is CS(=O)(=O)c1ccc2nc(-c3cccc(C(F)(F)F)c3)c(CN3CCC(N4CCOCC4)CC3)c(C(=O)NC(c3ccccc3)C(F)(F)F)c2c1. The van der Waals surface area contributed by atoms with E-state index in [9.17, 15) is 39.6 Å². The van der Waals surface area contributed by atoms with Gasteiger partial charge in [-0.05, 0) is 61.8 Å². The third kappa shape index (κ3) is 8.37. The quantitative estimate of drug-likeness (QED) is 0.203. The smallest absolute Gasteiger partial charge is 0.379 e. The highest BCUT2D eigenvalue weighted by Gasteiger charge is 2.43. The van der Waals surface area contributed by atoms with Gasteiger partial charge in [0.25, 0.3) is 5.91 Å². The summed E-state index contributed by atoms with van der Waals surface area (Å²) in [6.45, 7) is 3.83. The molecule has 3 heterocycles. The molecule has 2 fully saturated rings. The Balaban J connectivity index is 1.52. The zero-order valence-corrected chi connectivity index (χ0v) is 28.4. The molecule has 6 rings (SSSR count). The van der Waals surface area contributed by atoms with Gasteiger partial charge < -0.3 is 10.1 Å². The first-order valence-electron chi connectivity index (χ1n) is 16.4. The minimum absolute atomic E-state index is 0.00148. The highest BCUT2D eigenvalue weighted by molar-refractivity contribution is 7.90. The van der Waals surface area contributed by atoms with E-state index in [1.807, 2.05) is 4.90 Å². The molecule has 0 bridgehead atoms. The predicted molar refractivity (Wildman–Crippen MR) is 179 cm³/mol. The molecule has 51 heavy (non-hydrogen) atoms. The average Bonchev–Trinajstić information content (AvgIpc) is 3.10. The summed E-state index contributed by atoms with van der Waals surface area (Å²) in [6, 6.07) is 12.7. The number of halogens is 6. The number of ether oxygens (including phenoxy) is 1. The fourth-order valence-corrected chi connectivity index (χ4v) is 7.47. The number of nitrogens with zero attached hydrogens (tertiary/aromatic N) is 3. The van der Waals surface area contributed by atoms with Crippen LogP contribution in [0.2, 0.25) is 0 Å². The van der Waals surface area contributed by atoms with Crippen molar-refractivity contribution in [3.8, 4) is 11.3 Å². The van der Waals surface area contributed by atoms with Crippen LogP contribution in [0.1, 0.15) is 45.9 Å². The summed E-state index contributed by atoms with van der Waals surface area (Å²) in [5, 5.41) is 2.08. The van der Waals surface area contributed by atoms with Gasteiger partial charge in [0.05, 0.1) is 40.4 Å². The van der Waals surface area contributed by atoms with Gasteiger partial charge in [0.1, 0.15) is 0 Å². The number of piperidine rings is 1. The van der Waals surface area contributed by atoms with Crippen LogP contribution in [0.3, 0.4) is 0 Å². The lowest BCUT2D eigenvalue weighted by Gasteiger charge is -2.40. The van der Waals surface area contributed by atoms with Crippen molar-refractivity contribution in [1.82, 2.24) is 20.1 Å². The van der Waals surface area contributed by atoms with Crippen molar-refractivity contribution in [3.05, 3.63) is 95.1 Å². The number of benzene rings is 3. The van der Waals surface area contributed by atoms with Crippen LogP contribution >= 0.6 is 0 Å². The number of hydrogen-bond acceptors (Lipinski definition) is 7. The monoisotopic (exact) mass is 734 g/mol. The number of sulfone groups is 1. The Morgan fingerprint density at radius 1 is 0.922 bits per heavy atom. The van der Waals surface area contributed by atoms with Crippen LogP contribution in [0, 0.1) is 0 Å². The minimum atomic E-state index is -4.93. The van der Waals surface area contributed by atoms with Gasteiger partial charge in [0.15, 0.2) is 15.9 Å². The molecule has 0 radical (unpaired) electrons. The average molecular weight is 735 g/mol. The van der Waals surface area contributed by atoms with Gasteiger partial charge in [-0.25, -0.2) is 13.4 Å². The van der Waals surface area contributed by atoms with Crippen molar-refractivity contribution in [2.45, 2.75) is 48.7 Å². The Kier molecular flexibility index (Phi) is 10.5. The molecule has 4 aromatic rings. The molecule has 2 aliphatic heterocycles. The molecule has 15 heteroatoms. The number of morpholine rings is 1. The summed E-state index contributed by atoms with van der Waals surface area (Å²) in [4.78, 5) is 23.2. The largest absolute Gasteiger partial charge is 0.416 e. The zero-order chi connectivity index (χ0) is 36.6. The van der Waals surface area contributed by atoms with Crippen molar-refractivity contribution >= 4 is 26.6 Å². The van der Waals surface area contributed by atoms with Crippen molar-refractivity contribution in [2.75, 3.05) is 45.6 Å². The molecular formula is C36H36F6N4O4S. The molecular weight excluding hydrogens is 698 g/mol. The predicted octanol–water partition coefficient (Wildman–Crippen LogP) is 6.65. The van der Waals surface area contributed by atoms with E-state index >= 15 is 0 Å². The number of amides is 1. The van der Waals surface area contributed by atoms with E-state index in [0.717, 1.165) is 44.3 Å². The first-order valence-corrected chi connectivity index (χ1v) is 18.3. The van der Waals surface area contributed by atoms with E-state index in [2.05, 4.69) is 15.2 Å². The molecule has 2 aliphatic rings. The Morgan fingerprint density at radius 2 is 1.61 bits per heavy atom. The second kappa shape index (κ2) is 14.5. The lowest BCUT2D eigenvalue weighted by atomic mass is 9.93. The van der Waals surface area contributed by atoms with Crippen molar-refractivity contribution in [2.24, 2.45) is 0 Å². The van der Waals surface area contributed by atoms with E-state index in [-0.39, 0.29) is 56.3 Å². The van der Waals surface area contributed by atoms with Gasteiger partial charge in [-0.15, -0.1) is 0 Å². The Bertz CT molecular complexity index is 1990. The summed E-state index contributed by atoms with van der Waals surface area (Å²) in [5.74, 6) is -1.18. The summed E-state index contributed by atoms with van der Waals surface area (Å²) >= 11 is 0. The number of aromatic nitrogens is 1. The van der Waals surface area contributed by atoms with E-state index in [1.54, 1.807) is 0 Å². The van der Waals surface area contributed by atoms with Crippen LogP contribution in [-0.4, -0.2) is 87.0 Å². The van der Waals surface area contributed by atoms with E-state index in [0.29, 0.717) is 26.3 Å². The van der Waals surface area contributed by atoms with Gasteiger partial charge in [-0.3, -0.25) is 14.6 Å². The zero-order valence-electron chi connectivity index (χ0n) is 27.6. The van der Waals surface area contributed by atoms with Crippen LogP contribution in [0.15, 0.2) is 77.7 Å². The third-order valence-corrected chi connectivity index (χ3v) is 10.5. The molecule has 2 saturated heterocycles. The van der Waals surface area contributed by atoms with Crippen LogP contribution in [0.25, 0.3) is 22.2 Å². The molecule has 1 amide bonds. The topological polar surface area (TPSA) is 91.8 Å². The number of rotatable bonds is 8. The number of carbonyl (C=O) groups excluding carboxylic acids is 1. The maximum Gasteiger partial charge on any atom is 0.416 e. The first-order chi connectivity index (χ1) is 24.1. The fraction of sp³-hybridized carbons (Fsp3) is 0.389. The highest BCUT2D eigenvalue weighted by atomic mass is 32.2. The Hall–Kier alpha value is -4.05. The standard InChI is InChI=1S/C36H36F6N4O4S/c1-51(48,49)27-10-11-30-28(21-27)31(34(47)44-33(36(40,41)42)23-6-3-2-4-7-23)29(32(43-30)24-8-5-9-25(20-24)35(37,38)39)22-45-14-12-26(13-15-45)46-16-18-50-19-17-46/h2-11,20-21,26,33H,12-19,22H2,1H3,(H,44,47). The molecule has 1 N–H and O–H groups in total. The van der Waals surface area contributed by atoms with Gasteiger partial charge in [0, 0.05) is 48.4 Å². The normalized spacial score (nSPS) is 17.8. The number of fused-ring (bicyclic) bond motifs is 1. The van der Waals surface area contributed by atoms with Gasteiger partial charge in [0.2, 0.25) is 0 Å². The molecule has 0 spiro atoms. The maximum atomic E-state index is 14.5. The summed E-state index contributed by atoms with van der Waals surface area (Å²) < 4.78 is 116. The third-order valence-electron chi connectivity index (χ3n) is 9.41. The minimum Gasteiger partial charge on any atom is -0.379 e. The molecule has 3 aromatic carbocycles. The Labute approximate surface area is 291 Å². The molecule has 0 saturated carbocycles. The number of pyridine rings is 1. The second-order valence-corrected chi connectivity index (χ2v) is 14.9. The molecule has 272 valence electrons. The van der Waals surface area contributed by atoms with E-state index in [1.165, 1.54) is 60.7 Å². The van der Waals surface area contributed by atoms with Crippen LogP contribution in [0.4, 0.5) is 26.3 Å². The first kappa shape index (κ1) is 36.7. The molecule has 0 aliphatic carbocycles. The Morgan fingerprint density at radius 3 is 2.24 bits per heavy atom. The number of nitrogens with one attached hydrogen (secondary N) is 1. The lowest BCUT2D eigenvalue weighted by molar-refractivity contribution is -0.155. The lowest BCUT2D eigenvalue weighted by Crippen LogP contribution is -2.48. The van der Waals surface area contributed by atoms with Crippen LogP contribution in [-0.2, 0) is 27.3 Å². The van der Waals surface area contributed by atoms with Crippen molar-refractivity contribution in [1.29, 1.82) is 0 Å².